The van der Waals surface area contributed by atoms with Gasteiger partial charge in [-0.05, 0) is 55.8 Å². The Morgan fingerprint density at radius 1 is 1.08 bits per heavy atom. The molecule has 0 spiro atoms. The minimum absolute atomic E-state index is 0.325. The average molecular weight is 359 g/mol. The Labute approximate surface area is 147 Å². The first-order chi connectivity index (χ1) is 11.9. The molecule has 1 heterocycles. The number of aryl methyl sites for hydroxylation is 2. The highest BCUT2D eigenvalue weighted by molar-refractivity contribution is 7.17. The van der Waals surface area contributed by atoms with Gasteiger partial charge >= 0.3 is 0 Å². The monoisotopic (exact) mass is 359 g/mol. The highest BCUT2D eigenvalue weighted by Gasteiger charge is 2.16. The summed E-state index contributed by atoms with van der Waals surface area (Å²) in [4.78, 5) is 17.2. The summed E-state index contributed by atoms with van der Waals surface area (Å²) in [5.74, 6) is -1.01. The van der Waals surface area contributed by atoms with Crippen molar-refractivity contribution >= 4 is 33.8 Å². The number of amides is 1. The van der Waals surface area contributed by atoms with Crippen LogP contribution in [0, 0.1) is 25.5 Å². The van der Waals surface area contributed by atoms with Crippen LogP contribution in [0.2, 0.25) is 0 Å². The molecule has 0 saturated heterocycles. The number of carbonyl (C=O) groups excluding carboxylic acids is 1. The molecule has 2 aromatic carbocycles. The van der Waals surface area contributed by atoms with Crippen molar-refractivity contribution in [3.8, 4) is 0 Å². The van der Waals surface area contributed by atoms with Gasteiger partial charge in [-0.15, -0.1) is 0 Å². The predicted octanol–water partition coefficient (Wildman–Crippen LogP) is 5.03. The number of hydrogen-bond donors (Lipinski definition) is 2. The van der Waals surface area contributed by atoms with Crippen molar-refractivity contribution in [3.63, 3.8) is 0 Å². The second-order valence-corrected chi connectivity index (χ2v) is 6.49. The minimum Gasteiger partial charge on any atom is -0.331 e. The number of nitrogens with zero attached hydrogens (tertiary/aromatic N) is 1. The highest BCUT2D eigenvalue weighted by Crippen LogP contribution is 2.27. The van der Waals surface area contributed by atoms with E-state index in [2.05, 4.69) is 15.6 Å². The fraction of sp³-hybridized carbons (Fsp3) is 0.111. The van der Waals surface area contributed by atoms with Gasteiger partial charge in [0.25, 0.3) is 5.91 Å². The molecule has 7 heteroatoms. The fourth-order valence-electron chi connectivity index (χ4n) is 2.26. The number of thiazole rings is 1. The van der Waals surface area contributed by atoms with Gasteiger partial charge in [0.05, 0.1) is 5.69 Å². The number of rotatable bonds is 4. The van der Waals surface area contributed by atoms with E-state index in [1.165, 1.54) is 24.3 Å². The van der Waals surface area contributed by atoms with Crippen molar-refractivity contribution in [1.82, 2.24) is 4.98 Å². The zero-order valence-electron chi connectivity index (χ0n) is 13.6. The third-order valence-corrected chi connectivity index (χ3v) is 4.57. The molecule has 1 amide bonds. The molecule has 0 unspecified atom stereocenters. The highest BCUT2D eigenvalue weighted by atomic mass is 32.1. The molecule has 0 aliphatic heterocycles. The Morgan fingerprint density at radius 2 is 1.88 bits per heavy atom. The molecule has 128 valence electrons. The summed E-state index contributed by atoms with van der Waals surface area (Å²) in [6, 6.07) is 10.4. The molecule has 0 saturated carbocycles. The molecule has 4 nitrogen and oxygen atoms in total. The predicted molar refractivity (Wildman–Crippen MR) is 95.6 cm³/mol. The first-order valence-corrected chi connectivity index (χ1v) is 8.31. The Kier molecular flexibility index (Phi) is 4.76. The molecule has 3 aromatic rings. The third-order valence-electron chi connectivity index (χ3n) is 3.49. The second kappa shape index (κ2) is 6.98. The van der Waals surface area contributed by atoms with Crippen molar-refractivity contribution in [2.24, 2.45) is 0 Å². The number of aromatic nitrogens is 1. The van der Waals surface area contributed by atoms with Crippen molar-refractivity contribution in [1.29, 1.82) is 0 Å². The van der Waals surface area contributed by atoms with E-state index in [1.807, 2.05) is 0 Å². The smallest absolute Gasteiger partial charge is 0.267 e. The van der Waals surface area contributed by atoms with Crippen LogP contribution in [0.5, 0.6) is 0 Å². The molecular weight excluding hydrogens is 344 g/mol. The van der Waals surface area contributed by atoms with E-state index in [-0.39, 0.29) is 17.5 Å². The molecule has 0 fully saturated rings. The van der Waals surface area contributed by atoms with Crippen molar-refractivity contribution in [2.45, 2.75) is 13.8 Å². The van der Waals surface area contributed by atoms with Gasteiger partial charge in [0, 0.05) is 11.4 Å². The molecule has 1 aromatic heterocycles. The lowest BCUT2D eigenvalue weighted by molar-refractivity contribution is 0.103. The largest absolute Gasteiger partial charge is 0.331 e. The number of benzene rings is 2. The Bertz CT molecular complexity index is 940. The Hall–Kier alpha value is -2.80. The van der Waals surface area contributed by atoms with Crippen LogP contribution in [-0.2, 0) is 0 Å². The summed E-state index contributed by atoms with van der Waals surface area (Å²) in [5, 5.41) is 6.20. The SMILES string of the molecule is Cc1cc(NC(=O)c2sc(Nc3cccc(F)c3)nc2C)ccc1F. The summed E-state index contributed by atoms with van der Waals surface area (Å²) in [5.41, 5.74) is 2.07. The van der Waals surface area contributed by atoms with E-state index in [1.54, 1.807) is 32.0 Å². The van der Waals surface area contributed by atoms with Gasteiger partial charge in [-0.3, -0.25) is 4.79 Å². The van der Waals surface area contributed by atoms with Crippen LogP contribution in [0.1, 0.15) is 20.9 Å². The van der Waals surface area contributed by atoms with E-state index in [0.29, 0.717) is 32.6 Å². The lowest BCUT2D eigenvalue weighted by Crippen LogP contribution is -2.11. The molecule has 0 radical (unpaired) electrons. The molecule has 0 atom stereocenters. The van der Waals surface area contributed by atoms with E-state index < -0.39 is 0 Å². The first-order valence-electron chi connectivity index (χ1n) is 7.50. The van der Waals surface area contributed by atoms with E-state index in [9.17, 15) is 13.6 Å². The van der Waals surface area contributed by atoms with Crippen molar-refractivity contribution < 1.29 is 13.6 Å². The summed E-state index contributed by atoms with van der Waals surface area (Å²) >= 11 is 1.16. The van der Waals surface area contributed by atoms with Crippen LogP contribution in [0.25, 0.3) is 0 Å². The Morgan fingerprint density at radius 3 is 2.60 bits per heavy atom. The zero-order chi connectivity index (χ0) is 18.0. The zero-order valence-corrected chi connectivity index (χ0v) is 14.4. The number of halogens is 2. The number of carbonyl (C=O) groups is 1. The first kappa shape index (κ1) is 17.0. The maximum atomic E-state index is 13.3. The normalized spacial score (nSPS) is 10.6. The van der Waals surface area contributed by atoms with Crippen molar-refractivity contribution in [2.75, 3.05) is 10.6 Å². The van der Waals surface area contributed by atoms with Gasteiger partial charge < -0.3 is 10.6 Å². The third kappa shape index (κ3) is 4.00. The van der Waals surface area contributed by atoms with Crippen LogP contribution in [0.3, 0.4) is 0 Å². The molecule has 0 bridgehead atoms. The van der Waals surface area contributed by atoms with Crippen LogP contribution in [0.15, 0.2) is 42.5 Å². The summed E-state index contributed by atoms with van der Waals surface area (Å²) in [7, 11) is 0. The van der Waals surface area contributed by atoms with Gasteiger partial charge in [-0.25, -0.2) is 13.8 Å². The van der Waals surface area contributed by atoms with Crippen LogP contribution in [0.4, 0.5) is 25.3 Å². The van der Waals surface area contributed by atoms with Gasteiger partial charge in [0.2, 0.25) is 0 Å². The molecule has 2 N–H and O–H groups in total. The van der Waals surface area contributed by atoms with Crippen LogP contribution in [-0.4, -0.2) is 10.9 Å². The van der Waals surface area contributed by atoms with Crippen LogP contribution >= 0.6 is 11.3 Å². The molecule has 0 aliphatic carbocycles. The average Bonchev–Trinajstić information content (AvgIpc) is 2.91. The maximum Gasteiger partial charge on any atom is 0.267 e. The van der Waals surface area contributed by atoms with Gasteiger partial charge in [0.15, 0.2) is 5.13 Å². The van der Waals surface area contributed by atoms with Crippen molar-refractivity contribution in [3.05, 3.63) is 70.2 Å². The molecule has 3 rings (SSSR count). The molecule has 0 aliphatic rings. The topological polar surface area (TPSA) is 54.0 Å². The lowest BCUT2D eigenvalue weighted by atomic mass is 10.2. The maximum absolute atomic E-state index is 13.3. The van der Waals surface area contributed by atoms with Gasteiger partial charge in [0.1, 0.15) is 16.5 Å². The van der Waals surface area contributed by atoms with E-state index in [4.69, 9.17) is 0 Å². The summed E-state index contributed by atoms with van der Waals surface area (Å²) in [6.07, 6.45) is 0. The number of nitrogens with one attached hydrogen (secondary N) is 2. The van der Waals surface area contributed by atoms with Gasteiger partial charge in [-0.1, -0.05) is 17.4 Å². The standard InChI is InChI=1S/C18H15F2N3OS/c1-10-8-14(6-7-15(10)20)22-17(24)16-11(2)21-18(25-16)23-13-5-3-4-12(19)9-13/h3-9H,1-2H3,(H,21,23)(H,22,24). The van der Waals surface area contributed by atoms with Crippen LogP contribution < -0.4 is 10.6 Å². The Balaban J connectivity index is 1.77. The summed E-state index contributed by atoms with van der Waals surface area (Å²) in [6.45, 7) is 3.35. The van der Waals surface area contributed by atoms with E-state index >= 15 is 0 Å². The molecule has 25 heavy (non-hydrogen) atoms. The lowest BCUT2D eigenvalue weighted by Gasteiger charge is -2.05. The quantitative estimate of drug-likeness (QED) is 0.687. The number of hydrogen-bond acceptors (Lipinski definition) is 4. The number of anilines is 3. The van der Waals surface area contributed by atoms with Gasteiger partial charge in [-0.2, -0.15) is 0 Å². The fourth-order valence-corrected chi connectivity index (χ4v) is 3.14. The summed E-state index contributed by atoms with van der Waals surface area (Å²) < 4.78 is 26.5. The molecular formula is C18H15F2N3OS. The minimum atomic E-state index is -0.358. The van der Waals surface area contributed by atoms with E-state index in [0.717, 1.165) is 11.3 Å². The second-order valence-electron chi connectivity index (χ2n) is 5.49.